The number of methoxy groups -OCH3 is 1. The number of hydrogen-bond donors (Lipinski definition) is 0. The molecule has 0 aliphatic carbocycles. The van der Waals surface area contributed by atoms with Crippen LogP contribution in [0.2, 0.25) is 0 Å². The van der Waals surface area contributed by atoms with Crippen molar-refractivity contribution in [3.05, 3.63) is 28.7 Å². The van der Waals surface area contributed by atoms with Gasteiger partial charge in [0, 0.05) is 33.3 Å². The van der Waals surface area contributed by atoms with E-state index in [4.69, 9.17) is 9.15 Å². The molecule has 3 rings (SSSR count). The average Bonchev–Trinajstić information content (AvgIpc) is 2.82. The van der Waals surface area contributed by atoms with Crippen LogP contribution < -0.4 is 5.76 Å². The first kappa shape index (κ1) is 16.2. The zero-order valence-corrected chi connectivity index (χ0v) is 14.0. The van der Waals surface area contributed by atoms with Crippen molar-refractivity contribution >= 4 is 21.1 Å². The minimum absolute atomic E-state index is 0.150. The Morgan fingerprint density at radius 2 is 2.17 bits per heavy atom. The summed E-state index contributed by atoms with van der Waals surface area (Å²) in [7, 11) is -0.392. The number of nitrogens with zero attached hydrogens (tertiary/aromatic N) is 2. The van der Waals surface area contributed by atoms with Crippen LogP contribution in [-0.4, -0.2) is 44.1 Å². The van der Waals surface area contributed by atoms with Gasteiger partial charge in [0.1, 0.15) is 0 Å². The summed E-state index contributed by atoms with van der Waals surface area (Å²) in [6.45, 7) is 1.50. The maximum Gasteiger partial charge on any atom is 0.419 e. The van der Waals surface area contributed by atoms with Crippen LogP contribution in [0, 0.1) is 5.92 Å². The summed E-state index contributed by atoms with van der Waals surface area (Å²) in [5.74, 6) is -0.297. The van der Waals surface area contributed by atoms with Crippen molar-refractivity contribution in [2.75, 3.05) is 26.8 Å². The van der Waals surface area contributed by atoms with Gasteiger partial charge in [0.15, 0.2) is 5.58 Å². The van der Waals surface area contributed by atoms with E-state index in [9.17, 15) is 13.2 Å². The maximum atomic E-state index is 12.8. The van der Waals surface area contributed by atoms with E-state index in [2.05, 4.69) is 0 Å². The zero-order valence-electron chi connectivity index (χ0n) is 13.2. The van der Waals surface area contributed by atoms with E-state index in [0.29, 0.717) is 25.2 Å². The Balaban J connectivity index is 1.94. The Morgan fingerprint density at radius 3 is 2.91 bits per heavy atom. The van der Waals surface area contributed by atoms with Gasteiger partial charge in [-0.15, -0.1) is 0 Å². The minimum atomic E-state index is -3.60. The molecule has 2 aromatic rings. The van der Waals surface area contributed by atoms with Crippen LogP contribution in [0.1, 0.15) is 12.8 Å². The number of benzene rings is 1. The van der Waals surface area contributed by atoms with Crippen LogP contribution >= 0.6 is 0 Å². The summed E-state index contributed by atoms with van der Waals surface area (Å²) in [5, 5.41) is 0. The quantitative estimate of drug-likeness (QED) is 0.835. The third-order valence-electron chi connectivity index (χ3n) is 4.29. The molecule has 8 heteroatoms. The van der Waals surface area contributed by atoms with Gasteiger partial charge in [-0.05, 0) is 30.9 Å². The summed E-state index contributed by atoms with van der Waals surface area (Å²) < 4.78 is 38.7. The number of ether oxygens (including phenoxy) is 1. The molecular weight excluding hydrogens is 320 g/mol. The van der Waals surface area contributed by atoms with E-state index in [-0.39, 0.29) is 16.4 Å². The predicted octanol–water partition coefficient (Wildman–Crippen LogP) is 1.18. The molecule has 1 aliphatic heterocycles. The van der Waals surface area contributed by atoms with Gasteiger partial charge in [0.25, 0.3) is 0 Å². The SMILES string of the molecule is COCC1CCCN(S(=O)(=O)c2ccc3c(c2)oc(=O)n3C)C1. The molecule has 1 aromatic heterocycles. The molecule has 0 radical (unpaired) electrons. The highest BCUT2D eigenvalue weighted by atomic mass is 32.2. The van der Waals surface area contributed by atoms with Crippen molar-refractivity contribution in [1.82, 2.24) is 8.87 Å². The number of oxazole rings is 1. The molecule has 1 aromatic carbocycles. The van der Waals surface area contributed by atoms with Crippen LogP contribution in [0.5, 0.6) is 0 Å². The fourth-order valence-electron chi connectivity index (χ4n) is 3.04. The number of piperidine rings is 1. The fourth-order valence-corrected chi connectivity index (χ4v) is 4.61. The first-order valence-electron chi connectivity index (χ1n) is 7.52. The molecule has 0 spiro atoms. The molecule has 0 bridgehead atoms. The minimum Gasteiger partial charge on any atom is -0.408 e. The highest BCUT2D eigenvalue weighted by Crippen LogP contribution is 2.26. The molecule has 2 heterocycles. The first-order valence-corrected chi connectivity index (χ1v) is 8.96. The second kappa shape index (κ2) is 6.10. The van der Waals surface area contributed by atoms with Crippen LogP contribution in [0.3, 0.4) is 0 Å². The van der Waals surface area contributed by atoms with Crippen LogP contribution in [-0.2, 0) is 21.8 Å². The zero-order chi connectivity index (χ0) is 16.6. The summed E-state index contributed by atoms with van der Waals surface area (Å²) in [6, 6.07) is 4.54. The maximum absolute atomic E-state index is 12.8. The summed E-state index contributed by atoms with van der Waals surface area (Å²) >= 11 is 0. The first-order chi connectivity index (χ1) is 10.9. The predicted molar refractivity (Wildman–Crippen MR) is 84.8 cm³/mol. The van der Waals surface area contributed by atoms with Crippen molar-refractivity contribution in [1.29, 1.82) is 0 Å². The Labute approximate surface area is 134 Å². The highest BCUT2D eigenvalue weighted by Gasteiger charge is 2.30. The van der Waals surface area contributed by atoms with Crippen LogP contribution in [0.25, 0.3) is 11.1 Å². The molecular formula is C15H20N2O5S. The van der Waals surface area contributed by atoms with E-state index in [1.165, 1.54) is 21.0 Å². The molecule has 1 fully saturated rings. The fraction of sp³-hybridized carbons (Fsp3) is 0.533. The van der Waals surface area contributed by atoms with Gasteiger partial charge in [-0.2, -0.15) is 4.31 Å². The van der Waals surface area contributed by atoms with Gasteiger partial charge in [0.05, 0.1) is 17.0 Å². The smallest absolute Gasteiger partial charge is 0.408 e. The molecule has 0 amide bonds. The molecule has 1 unspecified atom stereocenters. The Morgan fingerprint density at radius 1 is 1.39 bits per heavy atom. The molecule has 0 saturated carbocycles. The third-order valence-corrected chi connectivity index (χ3v) is 6.15. The number of fused-ring (bicyclic) bond motifs is 1. The molecule has 1 aliphatic rings. The van der Waals surface area contributed by atoms with Crippen LogP contribution in [0.15, 0.2) is 32.3 Å². The number of rotatable bonds is 4. The van der Waals surface area contributed by atoms with Gasteiger partial charge < -0.3 is 9.15 Å². The van der Waals surface area contributed by atoms with E-state index in [0.717, 1.165) is 12.8 Å². The summed E-state index contributed by atoms with van der Waals surface area (Å²) in [5.41, 5.74) is 0.855. The molecule has 23 heavy (non-hydrogen) atoms. The van der Waals surface area contributed by atoms with Gasteiger partial charge in [-0.25, -0.2) is 13.2 Å². The van der Waals surface area contributed by atoms with Gasteiger partial charge in [-0.3, -0.25) is 4.57 Å². The van der Waals surface area contributed by atoms with Crippen molar-refractivity contribution in [2.45, 2.75) is 17.7 Å². The third kappa shape index (κ3) is 2.93. The van der Waals surface area contributed by atoms with Gasteiger partial charge >= 0.3 is 5.76 Å². The lowest BCUT2D eigenvalue weighted by Crippen LogP contribution is -2.41. The molecule has 7 nitrogen and oxygen atoms in total. The standard InChI is InChI=1S/C15H20N2O5S/c1-16-13-6-5-12(8-14(13)22-15(16)18)23(19,20)17-7-3-4-11(9-17)10-21-2/h5-6,8,11H,3-4,7,9-10H2,1-2H3. The number of aryl methyl sites for hydroxylation is 1. The topological polar surface area (TPSA) is 81.8 Å². The van der Waals surface area contributed by atoms with Crippen molar-refractivity contribution in [2.24, 2.45) is 13.0 Å². The van der Waals surface area contributed by atoms with Crippen LogP contribution in [0.4, 0.5) is 0 Å². The van der Waals surface area contributed by atoms with E-state index < -0.39 is 15.8 Å². The lowest BCUT2D eigenvalue weighted by molar-refractivity contribution is 0.118. The van der Waals surface area contributed by atoms with Gasteiger partial charge in [0.2, 0.25) is 10.0 Å². The Hall–Kier alpha value is -1.64. The lowest BCUT2D eigenvalue weighted by Gasteiger charge is -2.31. The average molecular weight is 340 g/mol. The highest BCUT2D eigenvalue weighted by molar-refractivity contribution is 7.89. The summed E-state index contributed by atoms with van der Waals surface area (Å²) in [4.78, 5) is 11.7. The van der Waals surface area contributed by atoms with Crippen molar-refractivity contribution in [3.8, 4) is 0 Å². The Bertz CT molecular complexity index is 866. The van der Waals surface area contributed by atoms with E-state index in [1.54, 1.807) is 20.2 Å². The molecule has 1 saturated heterocycles. The molecule has 1 atom stereocenters. The second-order valence-corrected chi connectivity index (χ2v) is 7.82. The second-order valence-electron chi connectivity index (χ2n) is 5.88. The molecule has 126 valence electrons. The lowest BCUT2D eigenvalue weighted by atomic mass is 10.0. The van der Waals surface area contributed by atoms with Crippen molar-refractivity contribution < 1.29 is 17.6 Å². The monoisotopic (exact) mass is 340 g/mol. The van der Waals surface area contributed by atoms with E-state index in [1.807, 2.05) is 0 Å². The number of aromatic nitrogens is 1. The number of hydrogen-bond acceptors (Lipinski definition) is 5. The normalized spacial score (nSPS) is 20.2. The van der Waals surface area contributed by atoms with E-state index >= 15 is 0 Å². The number of sulfonamides is 1. The van der Waals surface area contributed by atoms with Crippen molar-refractivity contribution in [3.63, 3.8) is 0 Å². The summed E-state index contributed by atoms with van der Waals surface area (Å²) in [6.07, 6.45) is 1.78. The Kier molecular flexibility index (Phi) is 4.31. The molecule has 0 N–H and O–H groups in total. The van der Waals surface area contributed by atoms with Gasteiger partial charge in [-0.1, -0.05) is 0 Å². The largest absolute Gasteiger partial charge is 0.419 e.